The second-order valence-corrected chi connectivity index (χ2v) is 4.41. The smallest absolute Gasteiger partial charge is 0.337 e. The van der Waals surface area contributed by atoms with E-state index in [0.717, 1.165) is 24.3 Å². The number of amides is 1. The Kier molecular flexibility index (Phi) is 3.98. The minimum Gasteiger partial charge on any atom is -0.478 e. The van der Waals surface area contributed by atoms with Crippen molar-refractivity contribution in [3.8, 4) is 0 Å². The van der Waals surface area contributed by atoms with Gasteiger partial charge < -0.3 is 10.4 Å². The number of aryl methyl sites for hydroxylation is 1. The predicted octanol–water partition coefficient (Wildman–Crippen LogP) is 3.22. The summed E-state index contributed by atoms with van der Waals surface area (Å²) >= 11 is 0. The molecule has 0 saturated heterocycles. The number of carbonyl (C=O) groups is 2. The van der Waals surface area contributed by atoms with Gasteiger partial charge in [0.05, 0.1) is 11.3 Å². The fourth-order valence-corrected chi connectivity index (χ4v) is 1.78. The third-order valence-electron chi connectivity index (χ3n) is 2.88. The Morgan fingerprint density at radius 1 is 1.10 bits per heavy atom. The summed E-state index contributed by atoms with van der Waals surface area (Å²) in [5, 5.41) is 11.4. The molecule has 108 valence electrons. The van der Waals surface area contributed by atoms with Crippen LogP contribution in [0.4, 0.5) is 14.5 Å². The summed E-state index contributed by atoms with van der Waals surface area (Å²) in [7, 11) is 0. The van der Waals surface area contributed by atoms with Crippen molar-refractivity contribution in [2.24, 2.45) is 0 Å². The maximum Gasteiger partial charge on any atom is 0.337 e. The molecular formula is C15H11F2NO3. The molecule has 6 heteroatoms. The summed E-state index contributed by atoms with van der Waals surface area (Å²) in [4.78, 5) is 23.0. The van der Waals surface area contributed by atoms with Crippen LogP contribution in [-0.2, 0) is 0 Å². The number of carboxylic acid groups (broad SMARTS) is 1. The number of hydrogen-bond acceptors (Lipinski definition) is 2. The summed E-state index contributed by atoms with van der Waals surface area (Å²) in [6, 6.07) is 6.78. The van der Waals surface area contributed by atoms with Gasteiger partial charge in [0.2, 0.25) is 0 Å². The molecule has 0 heterocycles. The van der Waals surface area contributed by atoms with E-state index in [9.17, 15) is 18.4 Å². The van der Waals surface area contributed by atoms with Crippen LogP contribution < -0.4 is 5.32 Å². The molecule has 2 rings (SSSR count). The van der Waals surface area contributed by atoms with E-state index in [4.69, 9.17) is 5.11 Å². The topological polar surface area (TPSA) is 66.4 Å². The fraction of sp³-hybridized carbons (Fsp3) is 0.0667. The Morgan fingerprint density at radius 2 is 1.81 bits per heavy atom. The van der Waals surface area contributed by atoms with Gasteiger partial charge in [-0.3, -0.25) is 4.79 Å². The van der Waals surface area contributed by atoms with E-state index in [1.807, 2.05) is 0 Å². The van der Waals surface area contributed by atoms with Crippen LogP contribution in [0.25, 0.3) is 0 Å². The molecule has 0 unspecified atom stereocenters. The molecular weight excluding hydrogens is 280 g/mol. The lowest BCUT2D eigenvalue weighted by atomic mass is 10.1. The summed E-state index contributed by atoms with van der Waals surface area (Å²) in [6.07, 6.45) is 0. The average molecular weight is 291 g/mol. The van der Waals surface area contributed by atoms with Gasteiger partial charge in [0.1, 0.15) is 11.6 Å². The minimum atomic E-state index is -1.36. The predicted molar refractivity (Wildman–Crippen MR) is 72.4 cm³/mol. The van der Waals surface area contributed by atoms with Gasteiger partial charge in [-0.2, -0.15) is 0 Å². The summed E-state index contributed by atoms with van der Waals surface area (Å²) in [5.74, 6) is -3.13. The van der Waals surface area contributed by atoms with Crippen molar-refractivity contribution in [2.45, 2.75) is 6.92 Å². The van der Waals surface area contributed by atoms with Crippen LogP contribution in [0.3, 0.4) is 0 Å². The number of anilines is 1. The normalized spacial score (nSPS) is 10.2. The van der Waals surface area contributed by atoms with E-state index in [-0.39, 0.29) is 16.8 Å². The number of hydrogen-bond donors (Lipinski definition) is 2. The molecule has 0 aromatic heterocycles. The third kappa shape index (κ3) is 3.22. The monoisotopic (exact) mass is 291 g/mol. The van der Waals surface area contributed by atoms with Crippen molar-refractivity contribution in [3.05, 3.63) is 64.7 Å². The first-order valence-corrected chi connectivity index (χ1v) is 5.99. The third-order valence-corrected chi connectivity index (χ3v) is 2.88. The SMILES string of the molecule is Cc1cc(C(=O)Nc2ccc(F)cc2C(=O)O)ccc1F. The molecule has 0 radical (unpaired) electrons. The molecule has 0 atom stereocenters. The highest BCUT2D eigenvalue weighted by atomic mass is 19.1. The molecule has 2 aromatic carbocycles. The van der Waals surface area contributed by atoms with Gasteiger partial charge in [-0.05, 0) is 48.9 Å². The van der Waals surface area contributed by atoms with Gasteiger partial charge in [-0.1, -0.05) is 0 Å². The molecule has 2 N–H and O–H groups in total. The number of halogens is 2. The molecule has 1 amide bonds. The fourth-order valence-electron chi connectivity index (χ4n) is 1.78. The molecule has 0 bridgehead atoms. The van der Waals surface area contributed by atoms with Gasteiger partial charge in [-0.25, -0.2) is 13.6 Å². The van der Waals surface area contributed by atoms with Crippen LogP contribution in [-0.4, -0.2) is 17.0 Å². The molecule has 0 fully saturated rings. The molecule has 21 heavy (non-hydrogen) atoms. The van der Waals surface area contributed by atoms with Gasteiger partial charge in [0, 0.05) is 5.56 Å². The molecule has 0 aliphatic heterocycles. The van der Waals surface area contributed by atoms with E-state index in [2.05, 4.69) is 5.32 Å². The molecule has 0 spiro atoms. The van der Waals surface area contributed by atoms with Crippen LogP contribution in [0, 0.1) is 18.6 Å². The standard InChI is InChI=1S/C15H11F2NO3/c1-8-6-9(2-4-12(8)17)14(19)18-13-5-3-10(16)7-11(13)15(20)21/h2-7H,1H3,(H,18,19)(H,20,21). The lowest BCUT2D eigenvalue weighted by molar-refractivity contribution is 0.0697. The van der Waals surface area contributed by atoms with Crippen LogP contribution in [0.15, 0.2) is 36.4 Å². The quantitative estimate of drug-likeness (QED) is 0.912. The van der Waals surface area contributed by atoms with Gasteiger partial charge >= 0.3 is 5.97 Å². The van der Waals surface area contributed by atoms with Gasteiger partial charge in [-0.15, -0.1) is 0 Å². The molecule has 4 nitrogen and oxygen atoms in total. The van der Waals surface area contributed by atoms with Crippen molar-refractivity contribution >= 4 is 17.6 Å². The average Bonchev–Trinajstić information content (AvgIpc) is 2.43. The zero-order valence-electron chi connectivity index (χ0n) is 11.0. The van der Waals surface area contributed by atoms with E-state index >= 15 is 0 Å². The number of rotatable bonds is 3. The van der Waals surface area contributed by atoms with Crippen LogP contribution in [0.1, 0.15) is 26.3 Å². The highest BCUT2D eigenvalue weighted by molar-refractivity contribution is 6.07. The number of carbonyl (C=O) groups excluding carboxylic acids is 1. The number of aromatic carboxylic acids is 1. The second kappa shape index (κ2) is 5.70. The molecule has 0 aliphatic rings. The number of nitrogens with one attached hydrogen (secondary N) is 1. The van der Waals surface area contributed by atoms with Crippen molar-refractivity contribution < 1.29 is 23.5 Å². The minimum absolute atomic E-state index is 0.0316. The molecule has 0 aliphatic carbocycles. The Balaban J connectivity index is 2.31. The first kappa shape index (κ1) is 14.6. The summed E-state index contributed by atoms with van der Waals surface area (Å²) in [6.45, 7) is 1.51. The summed E-state index contributed by atoms with van der Waals surface area (Å²) < 4.78 is 26.2. The van der Waals surface area contributed by atoms with Crippen molar-refractivity contribution in [2.75, 3.05) is 5.32 Å². The van der Waals surface area contributed by atoms with Crippen LogP contribution >= 0.6 is 0 Å². The summed E-state index contributed by atoms with van der Waals surface area (Å²) in [5.41, 5.74) is 0.0767. The van der Waals surface area contributed by atoms with Crippen molar-refractivity contribution in [1.29, 1.82) is 0 Å². The highest BCUT2D eigenvalue weighted by Crippen LogP contribution is 2.19. The van der Waals surface area contributed by atoms with E-state index in [0.29, 0.717) is 5.56 Å². The van der Waals surface area contributed by atoms with E-state index < -0.39 is 23.5 Å². The van der Waals surface area contributed by atoms with Gasteiger partial charge in [0.25, 0.3) is 5.91 Å². The van der Waals surface area contributed by atoms with Crippen LogP contribution in [0.2, 0.25) is 0 Å². The largest absolute Gasteiger partial charge is 0.478 e. The Hall–Kier alpha value is -2.76. The second-order valence-electron chi connectivity index (χ2n) is 4.41. The highest BCUT2D eigenvalue weighted by Gasteiger charge is 2.15. The Bertz CT molecular complexity index is 729. The van der Waals surface area contributed by atoms with Crippen LogP contribution in [0.5, 0.6) is 0 Å². The Labute approximate surface area is 119 Å². The van der Waals surface area contributed by atoms with Gasteiger partial charge in [0.15, 0.2) is 0 Å². The zero-order valence-corrected chi connectivity index (χ0v) is 11.0. The van der Waals surface area contributed by atoms with Crippen molar-refractivity contribution in [3.63, 3.8) is 0 Å². The first-order chi connectivity index (χ1) is 9.88. The lowest BCUT2D eigenvalue weighted by Crippen LogP contribution is -2.15. The number of carboxylic acids is 1. The lowest BCUT2D eigenvalue weighted by Gasteiger charge is -2.09. The Morgan fingerprint density at radius 3 is 2.43 bits per heavy atom. The molecule has 0 saturated carbocycles. The maximum atomic E-state index is 13.2. The van der Waals surface area contributed by atoms with E-state index in [1.54, 1.807) is 0 Å². The van der Waals surface area contributed by atoms with Crippen molar-refractivity contribution in [1.82, 2.24) is 0 Å². The first-order valence-electron chi connectivity index (χ1n) is 5.99. The zero-order chi connectivity index (χ0) is 15.6. The molecule has 2 aromatic rings. The number of benzene rings is 2. The maximum absolute atomic E-state index is 13.2. The van der Waals surface area contributed by atoms with E-state index in [1.165, 1.54) is 19.1 Å².